The molecule has 0 bridgehead atoms. The van der Waals surface area contributed by atoms with E-state index in [1.165, 1.54) is 18.3 Å². The molecule has 0 aliphatic carbocycles. The number of nitrogens with zero attached hydrogens (tertiary/aromatic N) is 1. The van der Waals surface area contributed by atoms with E-state index in [-0.39, 0.29) is 12.4 Å². The number of aromatic nitrogens is 1. The van der Waals surface area contributed by atoms with Crippen LogP contribution in [0.3, 0.4) is 0 Å². The molecule has 0 spiro atoms. The van der Waals surface area contributed by atoms with E-state index in [0.717, 1.165) is 0 Å². The lowest BCUT2D eigenvalue weighted by atomic mass is 10.1. The molecular weight excluding hydrogens is 171 g/mol. The molecule has 1 aromatic rings. The predicted octanol–water partition coefficient (Wildman–Crippen LogP) is 1.40. The second kappa shape index (κ2) is 3.70. The molecule has 0 aliphatic rings. The Hall–Kier alpha value is -1.16. The van der Waals surface area contributed by atoms with Crippen molar-refractivity contribution in [2.75, 3.05) is 11.9 Å². The average molecular weight is 184 g/mol. The molecular formula is C9H13FN2O. The minimum Gasteiger partial charge on any atom is -0.389 e. The zero-order valence-electron chi connectivity index (χ0n) is 7.71. The molecule has 0 saturated carbocycles. The molecule has 2 N–H and O–H groups in total. The van der Waals surface area contributed by atoms with Crippen LogP contribution in [0.15, 0.2) is 18.3 Å². The third-order valence-electron chi connectivity index (χ3n) is 1.45. The summed E-state index contributed by atoms with van der Waals surface area (Å²) in [4.78, 5) is 3.78. The molecule has 4 heteroatoms. The van der Waals surface area contributed by atoms with Gasteiger partial charge in [0.15, 0.2) is 11.6 Å². The fourth-order valence-electron chi connectivity index (χ4n) is 0.816. The lowest BCUT2D eigenvalue weighted by Gasteiger charge is -2.17. The second-order valence-electron chi connectivity index (χ2n) is 3.50. The first-order valence-electron chi connectivity index (χ1n) is 4.06. The van der Waals surface area contributed by atoms with Crippen LogP contribution >= 0.6 is 0 Å². The van der Waals surface area contributed by atoms with Gasteiger partial charge in [0.25, 0.3) is 0 Å². The molecule has 0 aliphatic heterocycles. The number of hydrogen-bond acceptors (Lipinski definition) is 3. The highest BCUT2D eigenvalue weighted by atomic mass is 19.1. The topological polar surface area (TPSA) is 45.1 Å². The number of anilines is 1. The molecule has 3 nitrogen and oxygen atoms in total. The highest BCUT2D eigenvalue weighted by Crippen LogP contribution is 2.10. The largest absolute Gasteiger partial charge is 0.389 e. The maximum absolute atomic E-state index is 13.0. The zero-order chi connectivity index (χ0) is 9.90. The van der Waals surface area contributed by atoms with Crippen molar-refractivity contribution in [1.82, 2.24) is 4.98 Å². The van der Waals surface area contributed by atoms with E-state index < -0.39 is 11.4 Å². The highest BCUT2D eigenvalue weighted by molar-refractivity contribution is 5.35. The monoisotopic (exact) mass is 184 g/mol. The van der Waals surface area contributed by atoms with Crippen LogP contribution in [0, 0.1) is 5.82 Å². The van der Waals surface area contributed by atoms with E-state index in [0.29, 0.717) is 0 Å². The summed E-state index contributed by atoms with van der Waals surface area (Å²) in [6.45, 7) is 3.54. The van der Waals surface area contributed by atoms with Gasteiger partial charge < -0.3 is 10.4 Å². The third kappa shape index (κ3) is 3.38. The lowest BCUT2D eigenvalue weighted by molar-refractivity contribution is 0.0943. The van der Waals surface area contributed by atoms with E-state index in [2.05, 4.69) is 10.3 Å². The minimum absolute atomic E-state index is 0.171. The lowest BCUT2D eigenvalue weighted by Crippen LogP contribution is -2.29. The van der Waals surface area contributed by atoms with Crippen molar-refractivity contribution >= 4 is 5.82 Å². The summed E-state index contributed by atoms with van der Waals surface area (Å²) in [6, 6.07) is 2.84. The van der Waals surface area contributed by atoms with E-state index in [1.807, 2.05) is 0 Å². The standard InChI is InChI=1S/C9H13FN2O/c1-9(2,13)6-12-8-7(10)4-3-5-11-8/h3-5,13H,6H2,1-2H3,(H,11,12). The third-order valence-corrected chi connectivity index (χ3v) is 1.45. The van der Waals surface area contributed by atoms with E-state index in [1.54, 1.807) is 13.8 Å². The number of halogens is 1. The number of aliphatic hydroxyl groups is 1. The summed E-state index contributed by atoms with van der Waals surface area (Å²) < 4.78 is 13.0. The molecule has 1 rings (SSSR count). The van der Waals surface area contributed by atoms with Crippen molar-refractivity contribution in [3.63, 3.8) is 0 Å². The minimum atomic E-state index is -0.871. The summed E-state index contributed by atoms with van der Waals surface area (Å²) in [5.74, 6) is -0.239. The summed E-state index contributed by atoms with van der Waals surface area (Å²) in [7, 11) is 0. The van der Waals surface area contributed by atoms with Gasteiger partial charge in [-0.25, -0.2) is 9.37 Å². The molecule has 0 saturated heterocycles. The van der Waals surface area contributed by atoms with Crippen LogP contribution in [-0.4, -0.2) is 22.2 Å². The van der Waals surface area contributed by atoms with E-state index in [4.69, 9.17) is 0 Å². The first-order chi connectivity index (χ1) is 5.99. The van der Waals surface area contributed by atoms with Crippen molar-refractivity contribution in [3.05, 3.63) is 24.1 Å². The Morgan fingerprint density at radius 2 is 2.31 bits per heavy atom. The Labute approximate surface area is 76.6 Å². The highest BCUT2D eigenvalue weighted by Gasteiger charge is 2.13. The van der Waals surface area contributed by atoms with Gasteiger partial charge in [0.05, 0.1) is 5.60 Å². The fourth-order valence-corrected chi connectivity index (χ4v) is 0.816. The molecule has 72 valence electrons. The molecule has 13 heavy (non-hydrogen) atoms. The Morgan fingerprint density at radius 1 is 1.62 bits per heavy atom. The molecule has 0 aromatic carbocycles. The van der Waals surface area contributed by atoms with Crippen molar-refractivity contribution in [2.45, 2.75) is 19.4 Å². The zero-order valence-corrected chi connectivity index (χ0v) is 7.71. The molecule has 0 atom stereocenters. The van der Waals surface area contributed by atoms with Crippen LogP contribution in [-0.2, 0) is 0 Å². The Kier molecular flexibility index (Phi) is 2.83. The fraction of sp³-hybridized carbons (Fsp3) is 0.444. The van der Waals surface area contributed by atoms with Crippen LogP contribution in [0.2, 0.25) is 0 Å². The first kappa shape index (κ1) is 9.92. The van der Waals surface area contributed by atoms with Gasteiger partial charge in [-0.2, -0.15) is 0 Å². The van der Waals surface area contributed by atoms with Gasteiger partial charge in [-0.05, 0) is 26.0 Å². The molecule has 1 aromatic heterocycles. The maximum atomic E-state index is 13.0. The summed E-state index contributed by atoms with van der Waals surface area (Å²) in [5, 5.41) is 12.1. The van der Waals surface area contributed by atoms with E-state index in [9.17, 15) is 9.50 Å². The van der Waals surface area contributed by atoms with Gasteiger partial charge in [0, 0.05) is 12.7 Å². The van der Waals surface area contributed by atoms with Gasteiger partial charge in [0.1, 0.15) is 0 Å². The van der Waals surface area contributed by atoms with Crippen molar-refractivity contribution < 1.29 is 9.50 Å². The van der Waals surface area contributed by atoms with Crippen LogP contribution < -0.4 is 5.32 Å². The van der Waals surface area contributed by atoms with Crippen molar-refractivity contribution in [2.24, 2.45) is 0 Å². The van der Waals surface area contributed by atoms with E-state index >= 15 is 0 Å². The molecule has 0 radical (unpaired) electrons. The molecule has 0 fully saturated rings. The molecule has 1 heterocycles. The summed E-state index contributed by atoms with van der Waals surface area (Å²) >= 11 is 0. The van der Waals surface area contributed by atoms with Crippen LogP contribution in [0.5, 0.6) is 0 Å². The van der Waals surface area contributed by atoms with Crippen molar-refractivity contribution in [3.8, 4) is 0 Å². The van der Waals surface area contributed by atoms with Gasteiger partial charge in [-0.15, -0.1) is 0 Å². The van der Waals surface area contributed by atoms with Gasteiger partial charge in [-0.1, -0.05) is 0 Å². The number of nitrogens with one attached hydrogen (secondary N) is 1. The molecule has 0 unspecified atom stereocenters. The summed E-state index contributed by atoms with van der Waals surface area (Å²) in [5.41, 5.74) is -0.871. The molecule has 0 amide bonds. The average Bonchev–Trinajstić information content (AvgIpc) is 2.01. The quantitative estimate of drug-likeness (QED) is 0.746. The first-order valence-corrected chi connectivity index (χ1v) is 4.06. The van der Waals surface area contributed by atoms with Crippen molar-refractivity contribution in [1.29, 1.82) is 0 Å². The van der Waals surface area contributed by atoms with Crippen LogP contribution in [0.4, 0.5) is 10.2 Å². The summed E-state index contributed by atoms with van der Waals surface area (Å²) in [6.07, 6.45) is 1.50. The van der Waals surface area contributed by atoms with Gasteiger partial charge in [0.2, 0.25) is 0 Å². The number of hydrogen-bond donors (Lipinski definition) is 2. The number of rotatable bonds is 3. The smallest absolute Gasteiger partial charge is 0.165 e. The second-order valence-corrected chi connectivity index (χ2v) is 3.50. The Morgan fingerprint density at radius 3 is 2.85 bits per heavy atom. The van der Waals surface area contributed by atoms with Crippen LogP contribution in [0.25, 0.3) is 0 Å². The predicted molar refractivity (Wildman–Crippen MR) is 49.0 cm³/mol. The Balaban J connectivity index is 2.60. The Bertz CT molecular complexity index is 283. The SMILES string of the molecule is CC(C)(O)CNc1ncccc1F. The normalized spacial score (nSPS) is 11.4. The number of pyridine rings is 1. The maximum Gasteiger partial charge on any atom is 0.165 e. The van der Waals surface area contributed by atoms with Gasteiger partial charge >= 0.3 is 0 Å². The van der Waals surface area contributed by atoms with Crippen LogP contribution in [0.1, 0.15) is 13.8 Å². The van der Waals surface area contributed by atoms with Gasteiger partial charge in [-0.3, -0.25) is 0 Å².